The van der Waals surface area contributed by atoms with Crippen LogP contribution < -0.4 is 5.73 Å². The first-order chi connectivity index (χ1) is 7.47. The molecule has 2 fully saturated rings. The predicted molar refractivity (Wildman–Crippen MR) is 63.6 cm³/mol. The van der Waals surface area contributed by atoms with Crippen molar-refractivity contribution < 1.29 is 8.42 Å². The van der Waals surface area contributed by atoms with E-state index >= 15 is 0 Å². The van der Waals surface area contributed by atoms with Gasteiger partial charge in [-0.25, -0.2) is 12.7 Å². The molecule has 2 aliphatic rings. The molecule has 2 N–H and O–H groups in total. The Balaban J connectivity index is 1.89. The van der Waals surface area contributed by atoms with Gasteiger partial charge in [0.1, 0.15) is 0 Å². The molecule has 0 aromatic rings. The lowest BCUT2D eigenvalue weighted by atomic mass is 10.0. The summed E-state index contributed by atoms with van der Waals surface area (Å²) in [7, 11) is -3.00. The van der Waals surface area contributed by atoms with E-state index in [1.54, 1.807) is 4.31 Å². The summed E-state index contributed by atoms with van der Waals surface area (Å²) in [5, 5.41) is 0. The van der Waals surface area contributed by atoms with Crippen molar-refractivity contribution in [1.82, 2.24) is 9.21 Å². The van der Waals surface area contributed by atoms with E-state index in [2.05, 4.69) is 4.90 Å². The number of rotatable bonds is 2. The Kier molecular flexibility index (Phi) is 3.53. The molecular weight excluding hydrogens is 226 g/mol. The predicted octanol–water partition coefficient (Wildman–Crippen LogP) is -0.557. The van der Waals surface area contributed by atoms with Crippen molar-refractivity contribution in [2.24, 2.45) is 5.73 Å². The molecule has 0 saturated carbocycles. The number of nitrogens with two attached hydrogens (primary N) is 1. The molecule has 0 aromatic carbocycles. The second-order valence-electron chi connectivity index (χ2n) is 4.94. The maximum Gasteiger partial charge on any atom is 0.211 e. The zero-order chi connectivity index (χ0) is 11.8. The van der Waals surface area contributed by atoms with Crippen LogP contribution in [0.2, 0.25) is 0 Å². The lowest BCUT2D eigenvalue weighted by Gasteiger charge is -2.34. The van der Waals surface area contributed by atoms with Gasteiger partial charge in [-0.1, -0.05) is 0 Å². The molecule has 0 bridgehead atoms. The maximum absolute atomic E-state index is 11.4. The van der Waals surface area contributed by atoms with E-state index < -0.39 is 10.0 Å². The van der Waals surface area contributed by atoms with Crippen LogP contribution in [0.5, 0.6) is 0 Å². The van der Waals surface area contributed by atoms with Crippen molar-refractivity contribution in [2.45, 2.75) is 31.3 Å². The monoisotopic (exact) mass is 247 g/mol. The van der Waals surface area contributed by atoms with Crippen LogP contribution in [0, 0.1) is 0 Å². The zero-order valence-corrected chi connectivity index (χ0v) is 10.6. The third-order valence-electron chi connectivity index (χ3n) is 3.69. The van der Waals surface area contributed by atoms with Crippen LogP contribution in [0.15, 0.2) is 0 Å². The quantitative estimate of drug-likeness (QED) is 0.710. The summed E-state index contributed by atoms with van der Waals surface area (Å²) in [6.45, 7) is 3.37. The first-order valence-corrected chi connectivity index (χ1v) is 7.76. The Labute approximate surface area is 97.6 Å². The highest BCUT2D eigenvalue weighted by Crippen LogP contribution is 2.21. The minimum absolute atomic E-state index is 0.337. The Hall–Kier alpha value is -0.170. The van der Waals surface area contributed by atoms with Crippen LogP contribution in [0.3, 0.4) is 0 Å². The zero-order valence-electron chi connectivity index (χ0n) is 9.80. The third-order valence-corrected chi connectivity index (χ3v) is 4.96. The Morgan fingerprint density at radius 1 is 1.12 bits per heavy atom. The number of likely N-dealkylation sites (tertiary alicyclic amines) is 1. The molecular formula is C10H21N3O2S. The average Bonchev–Trinajstić information content (AvgIpc) is 2.67. The molecule has 16 heavy (non-hydrogen) atoms. The minimum atomic E-state index is -3.00. The highest BCUT2D eigenvalue weighted by Gasteiger charge is 2.33. The largest absolute Gasteiger partial charge is 0.328 e. The molecule has 2 saturated heterocycles. The van der Waals surface area contributed by atoms with Crippen molar-refractivity contribution in [3.8, 4) is 0 Å². The summed E-state index contributed by atoms with van der Waals surface area (Å²) in [5.41, 5.74) is 5.86. The molecule has 5 nitrogen and oxygen atoms in total. The van der Waals surface area contributed by atoms with E-state index in [1.807, 2.05) is 0 Å². The van der Waals surface area contributed by atoms with Gasteiger partial charge in [0.25, 0.3) is 0 Å². The number of hydrogen-bond donors (Lipinski definition) is 1. The van der Waals surface area contributed by atoms with Gasteiger partial charge in [0, 0.05) is 25.2 Å². The Morgan fingerprint density at radius 3 is 2.25 bits per heavy atom. The molecule has 0 spiro atoms. The molecule has 1 atom stereocenters. The van der Waals surface area contributed by atoms with Crippen LogP contribution in [-0.2, 0) is 10.0 Å². The van der Waals surface area contributed by atoms with Gasteiger partial charge in [-0.05, 0) is 32.4 Å². The van der Waals surface area contributed by atoms with Crippen molar-refractivity contribution in [1.29, 1.82) is 0 Å². The van der Waals surface area contributed by atoms with E-state index in [4.69, 9.17) is 5.73 Å². The summed E-state index contributed by atoms with van der Waals surface area (Å²) < 4.78 is 24.4. The molecule has 1 unspecified atom stereocenters. The first-order valence-electron chi connectivity index (χ1n) is 5.91. The third kappa shape index (κ3) is 2.74. The Bertz CT molecular complexity index is 336. The summed E-state index contributed by atoms with van der Waals surface area (Å²) in [6, 6.07) is 0.742. The van der Waals surface area contributed by atoms with Crippen molar-refractivity contribution in [2.75, 3.05) is 32.4 Å². The minimum Gasteiger partial charge on any atom is -0.328 e. The van der Waals surface area contributed by atoms with Crippen LogP contribution >= 0.6 is 0 Å². The fourth-order valence-corrected chi connectivity index (χ4v) is 3.47. The van der Waals surface area contributed by atoms with Crippen molar-refractivity contribution in [3.05, 3.63) is 0 Å². The SMILES string of the molecule is CS(=O)(=O)N1CCC(N2CCC(N)CC2)C1. The second-order valence-corrected chi connectivity index (χ2v) is 6.92. The summed E-state index contributed by atoms with van der Waals surface area (Å²) in [4.78, 5) is 2.40. The highest BCUT2D eigenvalue weighted by molar-refractivity contribution is 7.88. The number of nitrogens with zero attached hydrogens (tertiary/aromatic N) is 2. The van der Waals surface area contributed by atoms with Gasteiger partial charge in [-0.15, -0.1) is 0 Å². The molecule has 0 amide bonds. The van der Waals surface area contributed by atoms with Gasteiger partial charge in [-0.2, -0.15) is 0 Å². The standard InChI is InChI=1S/C10H21N3O2S/c1-16(14,15)13-7-4-10(8-13)12-5-2-9(11)3-6-12/h9-10H,2-8,11H2,1H3. The van der Waals surface area contributed by atoms with Crippen molar-refractivity contribution >= 4 is 10.0 Å². The van der Waals surface area contributed by atoms with E-state index in [9.17, 15) is 8.42 Å². The lowest BCUT2D eigenvalue weighted by Crippen LogP contribution is -2.46. The molecule has 6 heteroatoms. The summed E-state index contributed by atoms with van der Waals surface area (Å²) in [6.07, 6.45) is 4.33. The molecule has 2 aliphatic heterocycles. The fraction of sp³-hybridized carbons (Fsp3) is 1.00. The Morgan fingerprint density at radius 2 is 1.75 bits per heavy atom. The van der Waals surface area contributed by atoms with Crippen LogP contribution in [0.1, 0.15) is 19.3 Å². The van der Waals surface area contributed by atoms with E-state index in [0.717, 1.165) is 32.4 Å². The number of sulfonamides is 1. The average molecular weight is 247 g/mol. The number of piperidine rings is 1. The fourth-order valence-electron chi connectivity index (χ4n) is 2.59. The second kappa shape index (κ2) is 4.60. The molecule has 0 aromatic heterocycles. The highest BCUT2D eigenvalue weighted by atomic mass is 32.2. The first kappa shape index (κ1) is 12.3. The smallest absolute Gasteiger partial charge is 0.211 e. The van der Waals surface area contributed by atoms with Crippen LogP contribution in [0.4, 0.5) is 0 Å². The van der Waals surface area contributed by atoms with Gasteiger partial charge in [-0.3, -0.25) is 4.90 Å². The van der Waals surface area contributed by atoms with Crippen LogP contribution in [0.25, 0.3) is 0 Å². The molecule has 94 valence electrons. The van der Waals surface area contributed by atoms with Crippen molar-refractivity contribution in [3.63, 3.8) is 0 Å². The molecule has 2 heterocycles. The summed E-state index contributed by atoms with van der Waals surface area (Å²) >= 11 is 0. The van der Waals surface area contributed by atoms with Gasteiger partial charge in [0.15, 0.2) is 0 Å². The number of hydrogen-bond acceptors (Lipinski definition) is 4. The van der Waals surface area contributed by atoms with E-state index in [0.29, 0.717) is 25.2 Å². The van der Waals surface area contributed by atoms with Crippen LogP contribution in [-0.4, -0.2) is 62.1 Å². The molecule has 0 radical (unpaired) electrons. The van der Waals surface area contributed by atoms with E-state index in [-0.39, 0.29) is 0 Å². The van der Waals surface area contributed by atoms with Gasteiger partial charge < -0.3 is 5.73 Å². The maximum atomic E-state index is 11.4. The van der Waals surface area contributed by atoms with E-state index in [1.165, 1.54) is 6.26 Å². The molecule has 0 aliphatic carbocycles. The normalized spacial score (nSPS) is 31.0. The summed E-state index contributed by atoms with van der Waals surface area (Å²) in [5.74, 6) is 0. The van der Waals surface area contributed by atoms with Gasteiger partial charge in [0.2, 0.25) is 10.0 Å². The van der Waals surface area contributed by atoms with Gasteiger partial charge >= 0.3 is 0 Å². The van der Waals surface area contributed by atoms with Gasteiger partial charge in [0.05, 0.1) is 6.26 Å². The molecule has 2 rings (SSSR count). The topological polar surface area (TPSA) is 66.6 Å². The lowest BCUT2D eigenvalue weighted by molar-refractivity contribution is 0.159.